The highest BCUT2D eigenvalue weighted by Gasteiger charge is 2.25. The lowest BCUT2D eigenvalue weighted by atomic mass is 10.1. The molecule has 0 amide bonds. The number of sulfonamides is 1. The number of H-pyrrole nitrogens is 1. The zero-order valence-corrected chi connectivity index (χ0v) is 20.8. The minimum atomic E-state index is -3.51. The van der Waals surface area contributed by atoms with E-state index in [4.69, 9.17) is 4.74 Å². The van der Waals surface area contributed by atoms with Gasteiger partial charge in [-0.3, -0.25) is 14.4 Å². The molecule has 1 N–H and O–H groups in total. The van der Waals surface area contributed by atoms with Crippen LogP contribution in [0.3, 0.4) is 0 Å². The van der Waals surface area contributed by atoms with E-state index in [1.54, 1.807) is 42.4 Å². The van der Waals surface area contributed by atoms with E-state index in [2.05, 4.69) is 4.98 Å². The number of hydrogen-bond acceptors (Lipinski definition) is 6. The Hall–Kier alpha value is -2.78. The summed E-state index contributed by atoms with van der Waals surface area (Å²) in [4.78, 5) is 39.5. The van der Waals surface area contributed by atoms with E-state index >= 15 is 0 Å². The molecule has 1 fully saturated rings. The van der Waals surface area contributed by atoms with E-state index in [0.29, 0.717) is 36.3 Å². The lowest BCUT2D eigenvalue weighted by Crippen LogP contribution is -2.31. The third-order valence-electron chi connectivity index (χ3n) is 6.18. The van der Waals surface area contributed by atoms with E-state index in [9.17, 15) is 22.8 Å². The lowest BCUT2D eigenvalue weighted by molar-refractivity contribution is -0.142. The van der Waals surface area contributed by atoms with Gasteiger partial charge >= 0.3 is 5.97 Å². The molecule has 0 saturated carbocycles. The molecular formula is C25H32N2O6S. The highest BCUT2D eigenvalue weighted by molar-refractivity contribution is 7.89. The van der Waals surface area contributed by atoms with Crippen molar-refractivity contribution in [1.29, 1.82) is 0 Å². The van der Waals surface area contributed by atoms with Gasteiger partial charge in [0, 0.05) is 30.8 Å². The summed E-state index contributed by atoms with van der Waals surface area (Å²) in [5, 5.41) is 0. The summed E-state index contributed by atoms with van der Waals surface area (Å²) < 4.78 is 32.4. The van der Waals surface area contributed by atoms with Crippen LogP contribution in [0.25, 0.3) is 0 Å². The SMILES string of the molecule is CC(=O)c1c(C)[nH]c(C(=O)COC(=O)CCc2ccc(S(=O)(=O)N3CCCCCC3)cc2)c1C. The average Bonchev–Trinajstić information content (AvgIpc) is 2.97. The Morgan fingerprint density at radius 1 is 1.00 bits per heavy atom. The normalized spacial score (nSPS) is 15.0. The topological polar surface area (TPSA) is 114 Å². The predicted octanol–water partition coefficient (Wildman–Crippen LogP) is 3.76. The van der Waals surface area contributed by atoms with E-state index in [1.165, 1.54) is 6.92 Å². The average molecular weight is 489 g/mol. The van der Waals surface area contributed by atoms with Crippen LogP contribution in [0.5, 0.6) is 0 Å². The Kier molecular flexibility index (Phi) is 8.43. The van der Waals surface area contributed by atoms with Crippen molar-refractivity contribution in [1.82, 2.24) is 9.29 Å². The fourth-order valence-corrected chi connectivity index (χ4v) is 5.87. The van der Waals surface area contributed by atoms with Gasteiger partial charge < -0.3 is 9.72 Å². The highest BCUT2D eigenvalue weighted by Crippen LogP contribution is 2.21. The summed E-state index contributed by atoms with van der Waals surface area (Å²) >= 11 is 0. The molecule has 184 valence electrons. The minimum absolute atomic E-state index is 0.0624. The summed E-state index contributed by atoms with van der Waals surface area (Å²) in [6.45, 7) is 5.53. The standard InChI is InChI=1S/C25H32N2O6S/c1-17-24(19(3)28)18(2)26-25(17)22(29)16-33-23(30)13-10-20-8-11-21(12-9-20)34(31,32)27-14-6-4-5-7-15-27/h8-9,11-12,26H,4-7,10,13-16H2,1-3H3. The van der Waals surface area contributed by atoms with Crippen molar-refractivity contribution in [2.45, 2.75) is 64.2 Å². The van der Waals surface area contributed by atoms with Crippen molar-refractivity contribution in [2.24, 2.45) is 0 Å². The quantitative estimate of drug-likeness (QED) is 0.425. The molecule has 1 aliphatic heterocycles. The number of carbonyl (C=O) groups is 3. The second-order valence-electron chi connectivity index (χ2n) is 8.73. The van der Waals surface area contributed by atoms with Crippen molar-refractivity contribution in [3.05, 3.63) is 52.3 Å². The summed E-state index contributed by atoms with van der Waals surface area (Å²) in [5.41, 5.74) is 2.73. The lowest BCUT2D eigenvalue weighted by Gasteiger charge is -2.20. The molecule has 0 unspecified atom stereocenters. The molecule has 0 radical (unpaired) electrons. The Morgan fingerprint density at radius 2 is 1.62 bits per heavy atom. The van der Waals surface area contributed by atoms with Crippen molar-refractivity contribution >= 4 is 27.6 Å². The Morgan fingerprint density at radius 3 is 2.18 bits per heavy atom. The van der Waals surface area contributed by atoms with Crippen LogP contribution >= 0.6 is 0 Å². The number of Topliss-reactive ketones (excluding diaryl/α,β-unsaturated/α-hetero) is 2. The molecule has 1 aromatic heterocycles. The van der Waals surface area contributed by atoms with Crippen LogP contribution in [-0.2, 0) is 26.0 Å². The molecular weight excluding hydrogens is 456 g/mol. The third kappa shape index (κ3) is 6.01. The zero-order chi connectivity index (χ0) is 24.9. The van der Waals surface area contributed by atoms with Gasteiger partial charge in [-0.05, 0) is 63.3 Å². The van der Waals surface area contributed by atoms with Gasteiger partial charge in [0.15, 0.2) is 12.4 Å². The van der Waals surface area contributed by atoms with E-state index in [-0.39, 0.29) is 22.8 Å². The zero-order valence-electron chi connectivity index (χ0n) is 20.0. The third-order valence-corrected chi connectivity index (χ3v) is 8.09. The Labute approximate surface area is 200 Å². The molecule has 1 aliphatic rings. The first kappa shape index (κ1) is 25.8. The van der Waals surface area contributed by atoms with Gasteiger partial charge in [0.25, 0.3) is 0 Å². The first-order valence-corrected chi connectivity index (χ1v) is 13.0. The largest absolute Gasteiger partial charge is 0.457 e. The maximum atomic E-state index is 12.9. The van der Waals surface area contributed by atoms with E-state index < -0.39 is 28.4 Å². The summed E-state index contributed by atoms with van der Waals surface area (Å²) in [6.07, 6.45) is 4.29. The number of carbonyl (C=O) groups excluding carboxylic acids is 3. The molecule has 0 aliphatic carbocycles. The van der Waals surface area contributed by atoms with Gasteiger partial charge in [0.1, 0.15) is 0 Å². The number of aromatic nitrogens is 1. The molecule has 2 heterocycles. The van der Waals surface area contributed by atoms with Gasteiger partial charge in [-0.2, -0.15) is 4.31 Å². The molecule has 0 bridgehead atoms. The van der Waals surface area contributed by atoms with Crippen molar-refractivity contribution < 1.29 is 27.5 Å². The van der Waals surface area contributed by atoms with Gasteiger partial charge in [-0.15, -0.1) is 0 Å². The number of ketones is 2. The number of aryl methyl sites for hydroxylation is 2. The molecule has 9 heteroatoms. The Bertz CT molecular complexity index is 1160. The van der Waals surface area contributed by atoms with Crippen LogP contribution in [0.1, 0.15) is 76.7 Å². The number of hydrogen-bond donors (Lipinski definition) is 1. The summed E-state index contributed by atoms with van der Waals surface area (Å²) in [5.74, 6) is -1.06. The number of aromatic amines is 1. The number of ether oxygens (including phenoxy) is 1. The van der Waals surface area contributed by atoms with Crippen LogP contribution in [0.2, 0.25) is 0 Å². The summed E-state index contributed by atoms with van der Waals surface area (Å²) in [6, 6.07) is 6.57. The number of benzene rings is 1. The molecule has 1 saturated heterocycles. The van der Waals surface area contributed by atoms with Gasteiger partial charge in [0.2, 0.25) is 15.8 Å². The molecule has 0 atom stereocenters. The van der Waals surface area contributed by atoms with E-state index in [1.807, 2.05) is 0 Å². The maximum Gasteiger partial charge on any atom is 0.306 e. The predicted molar refractivity (Wildman–Crippen MR) is 128 cm³/mol. The second-order valence-corrected chi connectivity index (χ2v) is 10.7. The molecule has 8 nitrogen and oxygen atoms in total. The maximum absolute atomic E-state index is 12.9. The monoisotopic (exact) mass is 488 g/mol. The van der Waals surface area contributed by atoms with Crippen LogP contribution in [-0.4, -0.2) is 54.9 Å². The Balaban J connectivity index is 1.52. The van der Waals surface area contributed by atoms with Gasteiger partial charge in [-0.1, -0.05) is 25.0 Å². The minimum Gasteiger partial charge on any atom is -0.457 e. The number of rotatable bonds is 9. The van der Waals surface area contributed by atoms with Crippen LogP contribution in [0, 0.1) is 13.8 Å². The smallest absolute Gasteiger partial charge is 0.306 e. The number of esters is 1. The van der Waals surface area contributed by atoms with Crippen molar-refractivity contribution in [2.75, 3.05) is 19.7 Å². The highest BCUT2D eigenvalue weighted by atomic mass is 32.2. The van der Waals surface area contributed by atoms with Gasteiger partial charge in [-0.25, -0.2) is 8.42 Å². The van der Waals surface area contributed by atoms with E-state index in [0.717, 1.165) is 31.2 Å². The summed E-state index contributed by atoms with van der Waals surface area (Å²) in [7, 11) is -3.51. The van der Waals surface area contributed by atoms with Crippen LogP contribution in [0.15, 0.2) is 29.2 Å². The fraction of sp³-hybridized carbons (Fsp3) is 0.480. The number of nitrogens with zero attached hydrogens (tertiary/aromatic N) is 1. The number of nitrogens with one attached hydrogen (secondary N) is 1. The van der Waals surface area contributed by atoms with Gasteiger partial charge in [0.05, 0.1) is 10.6 Å². The molecule has 0 spiro atoms. The molecule has 2 aromatic rings. The molecule has 1 aromatic carbocycles. The van der Waals surface area contributed by atoms with Crippen molar-refractivity contribution in [3.63, 3.8) is 0 Å². The van der Waals surface area contributed by atoms with Crippen LogP contribution < -0.4 is 0 Å². The first-order valence-electron chi connectivity index (χ1n) is 11.6. The van der Waals surface area contributed by atoms with Crippen molar-refractivity contribution in [3.8, 4) is 0 Å². The second kappa shape index (κ2) is 11.1. The molecule has 34 heavy (non-hydrogen) atoms. The molecule has 3 rings (SSSR count). The fourth-order valence-electron chi connectivity index (χ4n) is 4.35. The van der Waals surface area contributed by atoms with Crippen LogP contribution in [0.4, 0.5) is 0 Å². The first-order chi connectivity index (χ1) is 16.1.